The normalized spacial score (nSPS) is 15.5. The fourth-order valence-electron chi connectivity index (χ4n) is 4.99. The van der Waals surface area contributed by atoms with Gasteiger partial charge in [0.15, 0.2) is 5.41 Å². The number of carboxylic acid groups (broad SMARTS) is 1. The van der Waals surface area contributed by atoms with Gasteiger partial charge in [-0.3, -0.25) is 9.59 Å². The Balaban J connectivity index is 1.89. The number of ether oxygens (including phenoxy) is 1. The zero-order chi connectivity index (χ0) is 23.1. The molecule has 2 aromatic carbocycles. The topological polar surface area (TPSA) is 75.6 Å². The molecule has 172 valence electrons. The molecule has 0 amide bonds. The molecule has 0 saturated heterocycles. The van der Waals surface area contributed by atoms with Crippen LogP contribution in [0.2, 0.25) is 0 Å². The van der Waals surface area contributed by atoms with Crippen LogP contribution in [0.3, 0.4) is 0 Å². The number of carbonyl (C=O) groups is 2. The Kier molecular flexibility index (Phi) is 8.08. The van der Waals surface area contributed by atoms with E-state index >= 15 is 0 Å². The standard InChI is InChI=1S/C27H35NO4/c1-4-6-16-24(28-3)27(25(29)30,17-7-5-2)26(31)32-18-23-21-14-10-8-12-19(21)20-13-9-11-15-22(20)23/h8-15,23-24,28H,4-7,16-18H2,1-3H3,(H,29,30). The molecule has 3 rings (SSSR count). The van der Waals surface area contributed by atoms with Gasteiger partial charge in [-0.2, -0.15) is 0 Å². The first-order valence-electron chi connectivity index (χ1n) is 11.8. The Morgan fingerprint density at radius 3 is 2.06 bits per heavy atom. The number of nitrogens with one attached hydrogen (secondary N) is 1. The highest BCUT2D eigenvalue weighted by molar-refractivity contribution is 6.00. The van der Waals surface area contributed by atoms with Gasteiger partial charge in [0, 0.05) is 12.0 Å². The maximum absolute atomic E-state index is 13.5. The van der Waals surface area contributed by atoms with Gasteiger partial charge in [0.05, 0.1) is 0 Å². The maximum atomic E-state index is 13.5. The average molecular weight is 438 g/mol. The van der Waals surface area contributed by atoms with E-state index in [1.807, 2.05) is 31.2 Å². The lowest BCUT2D eigenvalue weighted by Crippen LogP contribution is -2.55. The summed E-state index contributed by atoms with van der Waals surface area (Å²) in [4.78, 5) is 26.1. The molecule has 0 fully saturated rings. The molecule has 0 spiro atoms. The fraction of sp³-hybridized carbons (Fsp3) is 0.481. The van der Waals surface area contributed by atoms with Crippen molar-refractivity contribution in [2.24, 2.45) is 5.41 Å². The molecule has 1 aliphatic carbocycles. The molecule has 5 heteroatoms. The SMILES string of the molecule is CCCCC(NC)C(CCCC)(C(=O)O)C(=O)OCC1c2ccccc2-c2ccccc21. The zero-order valence-electron chi connectivity index (χ0n) is 19.4. The van der Waals surface area contributed by atoms with Crippen LogP contribution in [-0.4, -0.2) is 36.7 Å². The Hall–Kier alpha value is -2.66. The lowest BCUT2D eigenvalue weighted by atomic mass is 9.74. The van der Waals surface area contributed by atoms with Crippen molar-refractivity contribution in [3.05, 3.63) is 59.7 Å². The molecule has 0 radical (unpaired) electrons. The molecule has 0 saturated carbocycles. The van der Waals surface area contributed by atoms with Crippen LogP contribution in [0.4, 0.5) is 0 Å². The second-order valence-electron chi connectivity index (χ2n) is 8.69. The smallest absolute Gasteiger partial charge is 0.325 e. The molecule has 32 heavy (non-hydrogen) atoms. The van der Waals surface area contributed by atoms with Gasteiger partial charge < -0.3 is 15.2 Å². The molecular weight excluding hydrogens is 402 g/mol. The summed E-state index contributed by atoms with van der Waals surface area (Å²) in [7, 11) is 1.74. The van der Waals surface area contributed by atoms with Crippen molar-refractivity contribution in [2.45, 2.75) is 64.3 Å². The number of rotatable bonds is 12. The van der Waals surface area contributed by atoms with Gasteiger partial charge in [-0.25, -0.2) is 0 Å². The second-order valence-corrected chi connectivity index (χ2v) is 8.69. The molecule has 2 N–H and O–H groups in total. The van der Waals surface area contributed by atoms with Crippen molar-refractivity contribution in [3.63, 3.8) is 0 Å². The summed E-state index contributed by atoms with van der Waals surface area (Å²) in [6.07, 6.45) is 4.14. The molecule has 2 atom stereocenters. The number of unbranched alkanes of at least 4 members (excludes halogenated alkanes) is 2. The van der Waals surface area contributed by atoms with Gasteiger partial charge >= 0.3 is 11.9 Å². The average Bonchev–Trinajstić information content (AvgIpc) is 3.13. The van der Waals surface area contributed by atoms with E-state index in [9.17, 15) is 14.7 Å². The number of aliphatic carboxylic acids is 1. The summed E-state index contributed by atoms with van der Waals surface area (Å²) in [5.74, 6) is -1.82. The van der Waals surface area contributed by atoms with E-state index in [0.717, 1.165) is 41.5 Å². The zero-order valence-corrected chi connectivity index (χ0v) is 19.4. The fourth-order valence-corrected chi connectivity index (χ4v) is 4.99. The molecule has 1 aliphatic rings. The lowest BCUT2D eigenvalue weighted by molar-refractivity contribution is -0.172. The van der Waals surface area contributed by atoms with E-state index in [4.69, 9.17) is 4.74 Å². The van der Waals surface area contributed by atoms with Crippen LogP contribution in [0.1, 0.15) is 69.4 Å². The molecule has 0 heterocycles. The highest BCUT2D eigenvalue weighted by atomic mass is 16.5. The number of fused-ring (bicyclic) bond motifs is 3. The number of hydrogen-bond acceptors (Lipinski definition) is 4. The first-order chi connectivity index (χ1) is 15.5. The third kappa shape index (κ3) is 4.44. The summed E-state index contributed by atoms with van der Waals surface area (Å²) in [6, 6.07) is 15.8. The van der Waals surface area contributed by atoms with Crippen LogP contribution in [-0.2, 0) is 14.3 Å². The van der Waals surface area contributed by atoms with Gasteiger partial charge in [-0.1, -0.05) is 88.1 Å². The minimum atomic E-state index is -1.59. The van der Waals surface area contributed by atoms with Gasteiger partial charge in [-0.15, -0.1) is 0 Å². The van der Waals surface area contributed by atoms with E-state index < -0.39 is 23.4 Å². The summed E-state index contributed by atoms with van der Waals surface area (Å²) in [6.45, 7) is 4.21. The second kappa shape index (κ2) is 10.8. The van der Waals surface area contributed by atoms with Crippen molar-refractivity contribution in [1.29, 1.82) is 0 Å². The summed E-state index contributed by atoms with van der Waals surface area (Å²) in [5, 5.41) is 13.4. The summed E-state index contributed by atoms with van der Waals surface area (Å²) < 4.78 is 5.87. The van der Waals surface area contributed by atoms with Crippen molar-refractivity contribution in [3.8, 4) is 11.1 Å². The van der Waals surface area contributed by atoms with E-state index in [2.05, 4.69) is 36.5 Å². The molecule has 2 aromatic rings. The largest absolute Gasteiger partial charge is 0.480 e. The predicted octanol–water partition coefficient (Wildman–Crippen LogP) is 5.38. The molecule has 0 bridgehead atoms. The summed E-state index contributed by atoms with van der Waals surface area (Å²) >= 11 is 0. The third-order valence-electron chi connectivity index (χ3n) is 6.80. The van der Waals surface area contributed by atoms with Gasteiger partial charge in [-0.05, 0) is 42.1 Å². The minimum Gasteiger partial charge on any atom is -0.480 e. The number of carboxylic acids is 1. The molecule has 0 aromatic heterocycles. The van der Waals surface area contributed by atoms with Crippen LogP contribution >= 0.6 is 0 Å². The molecule has 0 aliphatic heterocycles. The summed E-state index contributed by atoms with van der Waals surface area (Å²) in [5.41, 5.74) is 2.95. The Labute approximate surface area is 191 Å². The predicted molar refractivity (Wildman–Crippen MR) is 127 cm³/mol. The van der Waals surface area contributed by atoms with E-state index in [0.29, 0.717) is 12.8 Å². The quantitative estimate of drug-likeness (QED) is 0.344. The Morgan fingerprint density at radius 1 is 1.00 bits per heavy atom. The van der Waals surface area contributed by atoms with E-state index in [1.54, 1.807) is 7.05 Å². The molecular formula is C27H35NO4. The number of benzene rings is 2. The molecule has 5 nitrogen and oxygen atoms in total. The minimum absolute atomic E-state index is 0.0901. The number of hydrogen-bond donors (Lipinski definition) is 2. The first kappa shape index (κ1) is 24.0. The Morgan fingerprint density at radius 2 is 1.56 bits per heavy atom. The van der Waals surface area contributed by atoms with Crippen molar-refractivity contribution in [2.75, 3.05) is 13.7 Å². The number of carbonyl (C=O) groups excluding carboxylic acids is 1. The van der Waals surface area contributed by atoms with Crippen LogP contribution in [0, 0.1) is 5.41 Å². The van der Waals surface area contributed by atoms with Crippen LogP contribution < -0.4 is 5.32 Å². The number of esters is 1. The monoisotopic (exact) mass is 437 g/mol. The first-order valence-corrected chi connectivity index (χ1v) is 11.8. The van der Waals surface area contributed by atoms with Gasteiger partial charge in [0.25, 0.3) is 0 Å². The molecule has 2 unspecified atom stereocenters. The third-order valence-corrected chi connectivity index (χ3v) is 6.80. The van der Waals surface area contributed by atoms with Crippen molar-refractivity contribution in [1.82, 2.24) is 5.32 Å². The Bertz CT molecular complexity index is 895. The van der Waals surface area contributed by atoms with Crippen LogP contribution in [0.5, 0.6) is 0 Å². The van der Waals surface area contributed by atoms with Gasteiger partial charge in [0.2, 0.25) is 0 Å². The van der Waals surface area contributed by atoms with Crippen LogP contribution in [0.15, 0.2) is 48.5 Å². The van der Waals surface area contributed by atoms with Crippen molar-refractivity contribution >= 4 is 11.9 Å². The maximum Gasteiger partial charge on any atom is 0.325 e. The van der Waals surface area contributed by atoms with Crippen molar-refractivity contribution < 1.29 is 19.4 Å². The van der Waals surface area contributed by atoms with E-state index in [1.165, 1.54) is 0 Å². The lowest BCUT2D eigenvalue weighted by Gasteiger charge is -2.35. The van der Waals surface area contributed by atoms with Crippen LogP contribution in [0.25, 0.3) is 11.1 Å². The van der Waals surface area contributed by atoms with Gasteiger partial charge in [0.1, 0.15) is 6.61 Å². The highest BCUT2D eigenvalue weighted by Crippen LogP contribution is 2.45. The highest BCUT2D eigenvalue weighted by Gasteiger charge is 2.53. The van der Waals surface area contributed by atoms with E-state index in [-0.39, 0.29) is 18.9 Å².